The third-order valence-electron chi connectivity index (χ3n) is 4.78. The summed E-state index contributed by atoms with van der Waals surface area (Å²) in [6.07, 6.45) is -3.70. The van der Waals surface area contributed by atoms with E-state index in [0.717, 1.165) is 11.2 Å². The quantitative estimate of drug-likeness (QED) is 0.283. The Morgan fingerprint density at radius 2 is 2.00 bits per heavy atom. The van der Waals surface area contributed by atoms with Gasteiger partial charge in [0, 0.05) is 7.05 Å². The molecule has 3 heterocycles. The highest BCUT2D eigenvalue weighted by molar-refractivity contribution is 5.99. The number of urea groups is 1. The number of carboxylic acids is 1. The van der Waals surface area contributed by atoms with Crippen LogP contribution in [0.25, 0.3) is 11.2 Å². The zero-order valence-corrected chi connectivity index (χ0v) is 16.0. The first-order chi connectivity index (χ1) is 14.2. The summed E-state index contributed by atoms with van der Waals surface area (Å²) < 4.78 is 6.79. The average molecular weight is 426 g/mol. The highest BCUT2D eigenvalue weighted by Gasteiger charge is 2.44. The fraction of sp³-hybridized carbons (Fsp3) is 0.562. The molecule has 1 aliphatic heterocycles. The van der Waals surface area contributed by atoms with Gasteiger partial charge < -0.3 is 35.6 Å². The fourth-order valence-electron chi connectivity index (χ4n) is 3.10. The Balaban J connectivity index is 1.90. The topological polar surface area (TPSA) is 203 Å². The van der Waals surface area contributed by atoms with Crippen LogP contribution in [-0.2, 0) is 9.53 Å². The Hall–Kier alpha value is -2.91. The number of aromatic nitrogens is 4. The van der Waals surface area contributed by atoms with Crippen LogP contribution in [0.15, 0.2) is 12.7 Å². The average Bonchev–Trinajstić information content (AvgIpc) is 3.26. The second-order valence-corrected chi connectivity index (χ2v) is 6.82. The van der Waals surface area contributed by atoms with E-state index in [9.17, 15) is 30.0 Å². The van der Waals surface area contributed by atoms with Crippen LogP contribution in [0.2, 0.25) is 0 Å². The number of aliphatic carboxylic acids is 1. The van der Waals surface area contributed by atoms with E-state index in [2.05, 4.69) is 20.3 Å². The molecule has 0 aliphatic carbocycles. The maximum Gasteiger partial charge on any atom is 0.328 e. The second kappa shape index (κ2) is 8.45. The Kier molecular flexibility index (Phi) is 6.14. The van der Waals surface area contributed by atoms with E-state index in [4.69, 9.17) is 9.84 Å². The van der Waals surface area contributed by atoms with E-state index in [-0.39, 0.29) is 17.0 Å². The molecule has 14 nitrogen and oxygen atoms in total. The predicted octanol–water partition coefficient (Wildman–Crippen LogP) is -2.58. The number of aliphatic hydroxyl groups excluding tert-OH is 4. The number of nitrogens with one attached hydrogen (secondary N) is 1. The van der Waals surface area contributed by atoms with Crippen molar-refractivity contribution in [3.8, 4) is 0 Å². The number of amides is 2. The third-order valence-corrected chi connectivity index (χ3v) is 4.78. The monoisotopic (exact) mass is 426 g/mol. The molecule has 0 bridgehead atoms. The molecule has 0 radical (unpaired) electrons. The Bertz CT molecular complexity index is 936. The van der Waals surface area contributed by atoms with Gasteiger partial charge in [-0.25, -0.2) is 24.5 Å². The van der Waals surface area contributed by atoms with Crippen molar-refractivity contribution < 1.29 is 39.9 Å². The zero-order chi connectivity index (χ0) is 22.2. The SMILES string of the molecule is C[C@@H](O)[C@H](NC(=O)N(C)c1ncnc2c1ncn2[C@@H]1O[C@H](CO)[C@@H](O)[C@H]1O)C(=O)O. The van der Waals surface area contributed by atoms with Gasteiger partial charge in [-0.15, -0.1) is 0 Å². The number of ether oxygens (including phenoxy) is 1. The van der Waals surface area contributed by atoms with Crippen molar-refractivity contribution in [2.75, 3.05) is 18.6 Å². The molecule has 2 amide bonds. The molecule has 3 rings (SSSR count). The number of carbonyl (C=O) groups excluding carboxylic acids is 1. The minimum absolute atomic E-state index is 0.0257. The number of nitrogens with zero attached hydrogens (tertiary/aromatic N) is 5. The number of carboxylic acid groups (broad SMARTS) is 1. The minimum atomic E-state index is -1.53. The molecule has 6 atom stereocenters. The first-order valence-electron chi connectivity index (χ1n) is 8.92. The van der Waals surface area contributed by atoms with Crippen LogP contribution in [0.1, 0.15) is 13.2 Å². The van der Waals surface area contributed by atoms with Gasteiger partial charge in [-0.1, -0.05) is 0 Å². The first-order valence-corrected chi connectivity index (χ1v) is 8.92. The standard InChI is InChI=1S/C16H22N6O8/c1-6(24)8(15(27)28)20-16(29)21(2)12-9-13(18-4-17-12)22(5-19-9)14-11(26)10(25)7(3-23)30-14/h4-8,10-11,14,23-26H,3H2,1-2H3,(H,20,29)(H,27,28)/t6-,7-,8+,10-,11-,14-/m1/s1. The lowest BCUT2D eigenvalue weighted by Gasteiger charge is -2.22. The molecule has 30 heavy (non-hydrogen) atoms. The van der Waals surface area contributed by atoms with E-state index >= 15 is 0 Å². The number of hydrogen-bond acceptors (Lipinski definition) is 10. The van der Waals surface area contributed by atoms with Crippen LogP contribution >= 0.6 is 0 Å². The van der Waals surface area contributed by atoms with Crippen LogP contribution in [0.5, 0.6) is 0 Å². The minimum Gasteiger partial charge on any atom is -0.480 e. The highest BCUT2D eigenvalue weighted by atomic mass is 16.6. The number of imidazole rings is 1. The van der Waals surface area contributed by atoms with Crippen LogP contribution in [0, 0.1) is 0 Å². The van der Waals surface area contributed by atoms with Crippen LogP contribution < -0.4 is 10.2 Å². The molecule has 164 valence electrons. The lowest BCUT2D eigenvalue weighted by molar-refractivity contribution is -0.141. The molecule has 1 fully saturated rings. The molecule has 0 unspecified atom stereocenters. The molecule has 14 heteroatoms. The van der Waals surface area contributed by atoms with Crippen molar-refractivity contribution in [1.29, 1.82) is 0 Å². The molecular weight excluding hydrogens is 404 g/mol. The van der Waals surface area contributed by atoms with E-state index in [1.807, 2.05) is 0 Å². The van der Waals surface area contributed by atoms with E-state index < -0.39 is 55.3 Å². The maximum atomic E-state index is 12.5. The third kappa shape index (κ3) is 3.78. The zero-order valence-electron chi connectivity index (χ0n) is 16.0. The summed E-state index contributed by atoms with van der Waals surface area (Å²) in [5, 5.41) is 50.3. The molecule has 1 saturated heterocycles. The van der Waals surface area contributed by atoms with Crippen molar-refractivity contribution >= 4 is 29.0 Å². The second-order valence-electron chi connectivity index (χ2n) is 6.82. The van der Waals surface area contributed by atoms with Gasteiger partial charge in [0.1, 0.15) is 24.6 Å². The van der Waals surface area contributed by atoms with Gasteiger partial charge in [-0.05, 0) is 6.92 Å². The van der Waals surface area contributed by atoms with Crippen LogP contribution in [-0.4, -0.2) is 101 Å². The molecular formula is C16H22N6O8. The summed E-state index contributed by atoms with van der Waals surface area (Å²) in [6.45, 7) is 0.725. The van der Waals surface area contributed by atoms with Gasteiger partial charge in [0.05, 0.1) is 19.0 Å². The number of carbonyl (C=O) groups is 2. The number of rotatable bonds is 6. The van der Waals surface area contributed by atoms with Gasteiger partial charge in [0.15, 0.2) is 29.3 Å². The lowest BCUT2D eigenvalue weighted by Crippen LogP contribution is -2.51. The summed E-state index contributed by atoms with van der Waals surface area (Å²) in [4.78, 5) is 36.9. The molecule has 0 spiro atoms. The normalized spacial score (nSPS) is 25.8. The number of fused-ring (bicyclic) bond motifs is 1. The van der Waals surface area contributed by atoms with Gasteiger partial charge >= 0.3 is 12.0 Å². The maximum absolute atomic E-state index is 12.5. The molecule has 6 N–H and O–H groups in total. The number of anilines is 1. The molecule has 0 saturated carbocycles. The van der Waals surface area contributed by atoms with Crippen molar-refractivity contribution in [2.24, 2.45) is 0 Å². The van der Waals surface area contributed by atoms with Gasteiger partial charge in [-0.2, -0.15) is 0 Å². The predicted molar refractivity (Wildman–Crippen MR) is 98.4 cm³/mol. The van der Waals surface area contributed by atoms with Crippen molar-refractivity contribution in [2.45, 2.75) is 43.6 Å². The van der Waals surface area contributed by atoms with Gasteiger partial charge in [-0.3, -0.25) is 9.47 Å². The first kappa shape index (κ1) is 21.8. The number of hydrogen-bond donors (Lipinski definition) is 6. The van der Waals surface area contributed by atoms with Gasteiger partial charge in [0.25, 0.3) is 0 Å². The van der Waals surface area contributed by atoms with Crippen molar-refractivity contribution in [3.63, 3.8) is 0 Å². The Morgan fingerprint density at radius 3 is 2.57 bits per heavy atom. The number of aliphatic hydroxyl groups is 4. The smallest absolute Gasteiger partial charge is 0.328 e. The van der Waals surface area contributed by atoms with Crippen molar-refractivity contribution in [3.05, 3.63) is 12.7 Å². The summed E-state index contributed by atoms with van der Waals surface area (Å²) in [7, 11) is 1.32. The summed E-state index contributed by atoms with van der Waals surface area (Å²) in [6, 6.07) is -2.39. The Labute approximate surface area is 169 Å². The summed E-state index contributed by atoms with van der Waals surface area (Å²) in [5.41, 5.74) is 0.302. The largest absolute Gasteiger partial charge is 0.480 e. The fourth-order valence-corrected chi connectivity index (χ4v) is 3.10. The lowest BCUT2D eigenvalue weighted by atomic mass is 10.1. The van der Waals surface area contributed by atoms with Gasteiger partial charge in [0.2, 0.25) is 0 Å². The van der Waals surface area contributed by atoms with E-state index in [1.54, 1.807) is 0 Å². The Morgan fingerprint density at radius 1 is 1.30 bits per heavy atom. The van der Waals surface area contributed by atoms with Crippen LogP contribution in [0.3, 0.4) is 0 Å². The summed E-state index contributed by atoms with van der Waals surface area (Å²) in [5.74, 6) is -1.38. The van der Waals surface area contributed by atoms with E-state index in [0.29, 0.717) is 0 Å². The molecule has 2 aromatic rings. The van der Waals surface area contributed by atoms with Crippen molar-refractivity contribution in [1.82, 2.24) is 24.8 Å². The molecule has 2 aromatic heterocycles. The molecule has 0 aromatic carbocycles. The highest BCUT2D eigenvalue weighted by Crippen LogP contribution is 2.32. The molecule has 1 aliphatic rings. The summed E-state index contributed by atoms with van der Waals surface area (Å²) >= 11 is 0. The van der Waals surface area contributed by atoms with E-state index in [1.165, 1.54) is 24.9 Å². The van der Waals surface area contributed by atoms with Crippen LogP contribution in [0.4, 0.5) is 10.6 Å².